The Bertz CT molecular complexity index is 3240. The molecule has 0 unspecified atom stereocenters. The molecular weight excluding hydrogens is 743 g/mol. The Balaban J connectivity index is 0.931. The zero-order chi connectivity index (χ0) is 40.5. The SMILES string of the molecule is CC1(C)c2ccccc2-c2c(-c3ccc(N(c4ccccc4)c4cccc5c4Oc4cc6c(cc4O5)C4(c5ccccc5-c5ccccc54)c4ccccc4-6)cc3)cccc21. The fourth-order valence-corrected chi connectivity index (χ4v) is 11.1. The first-order chi connectivity index (χ1) is 30.0. The lowest BCUT2D eigenvalue weighted by atomic mass is 9.70. The number of nitrogens with zero attached hydrogens (tertiary/aromatic N) is 1. The molecule has 3 nitrogen and oxygen atoms in total. The van der Waals surface area contributed by atoms with Crippen molar-refractivity contribution in [3.8, 4) is 67.5 Å². The highest BCUT2D eigenvalue weighted by molar-refractivity contribution is 5.97. The van der Waals surface area contributed by atoms with E-state index in [0.717, 1.165) is 17.1 Å². The first kappa shape index (κ1) is 34.3. The predicted molar refractivity (Wildman–Crippen MR) is 247 cm³/mol. The first-order valence-electron chi connectivity index (χ1n) is 21.2. The number of para-hydroxylation sites is 2. The molecule has 4 aliphatic rings. The zero-order valence-corrected chi connectivity index (χ0v) is 33.8. The Labute approximate surface area is 355 Å². The van der Waals surface area contributed by atoms with Crippen molar-refractivity contribution >= 4 is 17.1 Å². The van der Waals surface area contributed by atoms with E-state index >= 15 is 0 Å². The second kappa shape index (κ2) is 12.5. The van der Waals surface area contributed by atoms with Gasteiger partial charge >= 0.3 is 0 Å². The molecular formula is C58H39NO2. The van der Waals surface area contributed by atoms with Crippen LogP contribution in [0.1, 0.15) is 47.2 Å². The Kier molecular flexibility index (Phi) is 6.99. The summed E-state index contributed by atoms with van der Waals surface area (Å²) in [4.78, 5) is 2.27. The van der Waals surface area contributed by atoms with Crippen LogP contribution in [-0.4, -0.2) is 0 Å². The number of rotatable bonds is 4. The molecule has 9 aromatic rings. The lowest BCUT2D eigenvalue weighted by molar-refractivity contribution is 0.360. The average molecular weight is 782 g/mol. The summed E-state index contributed by atoms with van der Waals surface area (Å²) in [6.45, 7) is 4.67. The predicted octanol–water partition coefficient (Wildman–Crippen LogP) is 15.4. The van der Waals surface area contributed by atoms with E-state index in [1.807, 2.05) is 6.07 Å². The van der Waals surface area contributed by atoms with Crippen molar-refractivity contribution < 1.29 is 9.47 Å². The van der Waals surface area contributed by atoms with Gasteiger partial charge in [0.15, 0.2) is 23.0 Å². The smallest absolute Gasteiger partial charge is 0.194 e. The van der Waals surface area contributed by atoms with Gasteiger partial charge in [-0.15, -0.1) is 0 Å². The van der Waals surface area contributed by atoms with Gasteiger partial charge in [-0.3, -0.25) is 0 Å². The van der Waals surface area contributed by atoms with Crippen LogP contribution in [0.15, 0.2) is 200 Å². The van der Waals surface area contributed by atoms with Gasteiger partial charge in [0.05, 0.1) is 11.1 Å². The Hall–Kier alpha value is -7.62. The maximum absolute atomic E-state index is 7.09. The topological polar surface area (TPSA) is 21.7 Å². The first-order valence-corrected chi connectivity index (χ1v) is 21.2. The maximum atomic E-state index is 7.09. The van der Waals surface area contributed by atoms with Gasteiger partial charge in [-0.25, -0.2) is 0 Å². The highest BCUT2D eigenvalue weighted by Gasteiger charge is 2.52. The molecule has 0 amide bonds. The summed E-state index contributed by atoms with van der Waals surface area (Å²) in [5, 5.41) is 0. The van der Waals surface area contributed by atoms with Gasteiger partial charge in [-0.2, -0.15) is 0 Å². The third-order valence-corrected chi connectivity index (χ3v) is 13.8. The quantitative estimate of drug-likeness (QED) is 0.177. The summed E-state index contributed by atoms with van der Waals surface area (Å²) in [5.74, 6) is 2.78. The van der Waals surface area contributed by atoms with E-state index in [1.165, 1.54) is 77.9 Å². The molecule has 0 saturated carbocycles. The van der Waals surface area contributed by atoms with Crippen LogP contribution in [0.2, 0.25) is 0 Å². The highest BCUT2D eigenvalue weighted by Crippen LogP contribution is 2.65. The van der Waals surface area contributed by atoms with Gasteiger partial charge in [0.1, 0.15) is 0 Å². The Morgan fingerprint density at radius 3 is 1.57 bits per heavy atom. The van der Waals surface area contributed by atoms with Crippen molar-refractivity contribution in [3.05, 3.63) is 234 Å². The minimum Gasteiger partial charge on any atom is -0.449 e. The van der Waals surface area contributed by atoms with E-state index in [1.54, 1.807) is 0 Å². The van der Waals surface area contributed by atoms with E-state index in [0.29, 0.717) is 23.0 Å². The zero-order valence-electron chi connectivity index (χ0n) is 33.8. The van der Waals surface area contributed by atoms with Crippen LogP contribution in [0.25, 0.3) is 44.5 Å². The van der Waals surface area contributed by atoms with Gasteiger partial charge in [-0.05, 0) is 126 Å². The number of hydrogen-bond donors (Lipinski definition) is 0. The summed E-state index contributed by atoms with van der Waals surface area (Å²) in [6, 6.07) is 72.4. The van der Waals surface area contributed by atoms with E-state index in [-0.39, 0.29) is 5.41 Å². The van der Waals surface area contributed by atoms with Crippen LogP contribution >= 0.6 is 0 Å². The number of benzene rings is 9. The van der Waals surface area contributed by atoms with Crippen molar-refractivity contribution in [2.24, 2.45) is 0 Å². The molecule has 0 atom stereocenters. The standard InChI is InChI=1S/C58H39NO2/c1-57(2)45-23-10-9-21-43(45)55-39(22-14-27-49(55)57)36-30-32-38(33-31-36)59(37-16-4-3-5-17-37)51-28-15-29-52-56(51)61-53-34-44-42-20-8-13-26-48(42)58(50(44)35-54(53)60-52)46-24-11-6-18-40(46)41-19-7-12-25-47(41)58/h3-35H,1-2H3. The van der Waals surface area contributed by atoms with Crippen molar-refractivity contribution in [3.63, 3.8) is 0 Å². The molecule has 9 aromatic carbocycles. The molecule has 1 heterocycles. The monoisotopic (exact) mass is 781 g/mol. The average Bonchev–Trinajstić information content (AvgIpc) is 3.86. The molecule has 13 rings (SSSR count). The fraction of sp³-hybridized carbons (Fsp3) is 0.0690. The minimum atomic E-state index is -0.463. The summed E-state index contributed by atoms with van der Waals surface area (Å²) < 4.78 is 14.0. The van der Waals surface area contributed by atoms with Crippen molar-refractivity contribution in [2.45, 2.75) is 24.7 Å². The summed E-state index contributed by atoms with van der Waals surface area (Å²) in [5.41, 5.74) is 20.3. The number of ether oxygens (including phenoxy) is 2. The van der Waals surface area contributed by atoms with E-state index < -0.39 is 5.41 Å². The molecule has 0 aromatic heterocycles. The second-order valence-corrected chi connectivity index (χ2v) is 17.2. The third-order valence-electron chi connectivity index (χ3n) is 13.8. The summed E-state index contributed by atoms with van der Waals surface area (Å²) in [7, 11) is 0. The normalized spacial score (nSPS) is 14.6. The number of fused-ring (bicyclic) bond motifs is 15. The molecule has 0 fully saturated rings. The van der Waals surface area contributed by atoms with E-state index in [2.05, 4.69) is 213 Å². The Morgan fingerprint density at radius 2 is 0.885 bits per heavy atom. The summed E-state index contributed by atoms with van der Waals surface area (Å²) in [6.07, 6.45) is 0. The molecule has 0 saturated heterocycles. The molecule has 288 valence electrons. The molecule has 0 bridgehead atoms. The molecule has 1 spiro atoms. The van der Waals surface area contributed by atoms with Crippen molar-refractivity contribution in [2.75, 3.05) is 4.90 Å². The molecule has 1 aliphatic heterocycles. The van der Waals surface area contributed by atoms with E-state index in [4.69, 9.17) is 9.47 Å². The summed E-state index contributed by atoms with van der Waals surface area (Å²) >= 11 is 0. The molecule has 61 heavy (non-hydrogen) atoms. The number of anilines is 3. The van der Waals surface area contributed by atoms with E-state index in [9.17, 15) is 0 Å². The van der Waals surface area contributed by atoms with Crippen LogP contribution in [0.3, 0.4) is 0 Å². The lowest BCUT2D eigenvalue weighted by Crippen LogP contribution is -2.25. The fourth-order valence-electron chi connectivity index (χ4n) is 11.1. The molecule has 0 radical (unpaired) electrons. The van der Waals surface area contributed by atoms with Crippen LogP contribution in [-0.2, 0) is 10.8 Å². The highest BCUT2D eigenvalue weighted by atomic mass is 16.6. The van der Waals surface area contributed by atoms with Crippen molar-refractivity contribution in [1.82, 2.24) is 0 Å². The largest absolute Gasteiger partial charge is 0.449 e. The van der Waals surface area contributed by atoms with Gasteiger partial charge < -0.3 is 14.4 Å². The maximum Gasteiger partial charge on any atom is 0.194 e. The second-order valence-electron chi connectivity index (χ2n) is 17.2. The minimum absolute atomic E-state index is 0.0582. The number of hydrogen-bond acceptors (Lipinski definition) is 3. The molecule has 3 heteroatoms. The van der Waals surface area contributed by atoms with Crippen LogP contribution in [0.5, 0.6) is 23.0 Å². The van der Waals surface area contributed by atoms with Gasteiger partial charge in [-0.1, -0.05) is 166 Å². The van der Waals surface area contributed by atoms with Crippen LogP contribution < -0.4 is 14.4 Å². The van der Waals surface area contributed by atoms with Crippen LogP contribution in [0.4, 0.5) is 17.1 Å². The Morgan fingerprint density at radius 1 is 0.361 bits per heavy atom. The third kappa shape index (κ3) is 4.58. The van der Waals surface area contributed by atoms with Gasteiger partial charge in [0.25, 0.3) is 0 Å². The lowest BCUT2D eigenvalue weighted by Gasteiger charge is -2.32. The molecule has 0 N–H and O–H groups in total. The van der Waals surface area contributed by atoms with Crippen molar-refractivity contribution in [1.29, 1.82) is 0 Å². The van der Waals surface area contributed by atoms with Crippen LogP contribution in [0, 0.1) is 0 Å². The van der Waals surface area contributed by atoms with Gasteiger partial charge in [0.2, 0.25) is 0 Å². The molecule has 3 aliphatic carbocycles. The van der Waals surface area contributed by atoms with Gasteiger partial charge in [0, 0.05) is 16.8 Å².